The quantitative estimate of drug-likeness (QED) is 0.278. The maximum absolute atomic E-state index is 11.7. The number of nitrogens with zero attached hydrogens (tertiary/aromatic N) is 2. The van der Waals surface area contributed by atoms with Crippen LogP contribution in [0.4, 0.5) is 5.69 Å². The summed E-state index contributed by atoms with van der Waals surface area (Å²) in [6.45, 7) is 0. The Hall–Kier alpha value is -2.33. The van der Waals surface area contributed by atoms with Gasteiger partial charge in [0.2, 0.25) is 0 Å². The van der Waals surface area contributed by atoms with Crippen LogP contribution >= 0.6 is 11.6 Å². The van der Waals surface area contributed by atoms with Crippen molar-refractivity contribution in [2.75, 3.05) is 11.9 Å². The normalized spacial score (nSPS) is 10.6. The molecule has 0 radical (unpaired) electrons. The number of hydrogen-bond acceptors (Lipinski definition) is 3. The smallest absolute Gasteiger partial charge is 0.333 e. The molecule has 0 bridgehead atoms. The van der Waals surface area contributed by atoms with Crippen molar-refractivity contribution in [3.05, 3.63) is 65.7 Å². The number of hydrogen-bond donors (Lipinski definition) is 0. The van der Waals surface area contributed by atoms with E-state index in [1.165, 1.54) is 6.34 Å². The van der Waals surface area contributed by atoms with Gasteiger partial charge in [0.25, 0.3) is 0 Å². The fourth-order valence-electron chi connectivity index (χ4n) is 1.66. The molecular formula is C16H15ClN2O2. The van der Waals surface area contributed by atoms with Crippen molar-refractivity contribution >= 4 is 29.6 Å². The number of anilines is 1. The van der Waals surface area contributed by atoms with Gasteiger partial charge >= 0.3 is 5.97 Å². The molecule has 0 saturated heterocycles. The summed E-state index contributed by atoms with van der Waals surface area (Å²) in [6.07, 6.45) is 1.44. The van der Waals surface area contributed by atoms with E-state index in [0.29, 0.717) is 11.4 Å². The Balaban J connectivity index is 1.92. The number of carbonyl (C=O) groups excluding carboxylic acids is 1. The van der Waals surface area contributed by atoms with Crippen molar-refractivity contribution < 1.29 is 9.63 Å². The van der Waals surface area contributed by atoms with Crippen molar-refractivity contribution in [1.82, 2.24) is 0 Å². The zero-order valence-electron chi connectivity index (χ0n) is 11.6. The van der Waals surface area contributed by atoms with E-state index in [1.54, 1.807) is 29.2 Å². The number of halogens is 1. The fraction of sp³-hybridized carbons (Fsp3) is 0.125. The Labute approximate surface area is 128 Å². The standard InChI is InChI=1S/C16H15ClN2O2/c1-19(15-9-7-13(11-17)8-10-15)12-18-21-16(20)14-5-3-2-4-6-14/h2-10,12H,11H2,1H3. The second-order valence-corrected chi connectivity index (χ2v) is 4.64. The summed E-state index contributed by atoms with van der Waals surface area (Å²) in [7, 11) is 1.82. The van der Waals surface area contributed by atoms with Gasteiger partial charge in [-0.2, -0.15) is 0 Å². The van der Waals surface area contributed by atoms with Gasteiger partial charge in [0.05, 0.1) is 5.56 Å². The van der Waals surface area contributed by atoms with Crippen molar-refractivity contribution in [2.24, 2.45) is 5.16 Å². The van der Waals surface area contributed by atoms with Gasteiger partial charge in [-0.3, -0.25) is 0 Å². The monoisotopic (exact) mass is 302 g/mol. The highest BCUT2D eigenvalue weighted by Gasteiger charge is 2.05. The lowest BCUT2D eigenvalue weighted by Gasteiger charge is -2.12. The Bertz CT molecular complexity index is 612. The summed E-state index contributed by atoms with van der Waals surface area (Å²) in [5.74, 6) is -0.00926. The maximum atomic E-state index is 11.7. The lowest BCUT2D eigenvalue weighted by atomic mass is 10.2. The van der Waals surface area contributed by atoms with Crippen LogP contribution in [-0.2, 0) is 10.7 Å². The van der Waals surface area contributed by atoms with Gasteiger partial charge in [-0.05, 0) is 29.8 Å². The number of rotatable bonds is 5. The molecule has 108 valence electrons. The third kappa shape index (κ3) is 4.33. The highest BCUT2D eigenvalue weighted by atomic mass is 35.5. The molecule has 0 unspecified atom stereocenters. The Kier molecular flexibility index (Phi) is 5.35. The van der Waals surface area contributed by atoms with Gasteiger partial charge in [-0.25, -0.2) is 4.79 Å². The average molecular weight is 303 g/mol. The predicted octanol–water partition coefficient (Wildman–Crippen LogP) is 3.66. The first kappa shape index (κ1) is 15.1. The second-order valence-electron chi connectivity index (χ2n) is 4.38. The van der Waals surface area contributed by atoms with Crippen molar-refractivity contribution in [3.63, 3.8) is 0 Å². The molecule has 21 heavy (non-hydrogen) atoms. The summed E-state index contributed by atoms with van der Waals surface area (Å²) >= 11 is 5.74. The molecule has 0 aliphatic heterocycles. The molecule has 2 rings (SSSR count). The van der Waals surface area contributed by atoms with Gasteiger partial charge < -0.3 is 9.74 Å². The minimum atomic E-state index is -0.488. The first-order valence-corrected chi connectivity index (χ1v) is 6.92. The zero-order chi connectivity index (χ0) is 15.1. The molecule has 0 atom stereocenters. The predicted molar refractivity (Wildman–Crippen MR) is 84.8 cm³/mol. The molecule has 0 spiro atoms. The fourth-order valence-corrected chi connectivity index (χ4v) is 1.83. The van der Waals surface area contributed by atoms with E-state index in [4.69, 9.17) is 16.4 Å². The molecule has 4 nitrogen and oxygen atoms in total. The van der Waals surface area contributed by atoms with E-state index in [1.807, 2.05) is 37.4 Å². The molecule has 0 saturated carbocycles. The second kappa shape index (κ2) is 7.45. The lowest BCUT2D eigenvalue weighted by Crippen LogP contribution is -2.15. The number of alkyl halides is 1. The van der Waals surface area contributed by atoms with Crippen LogP contribution in [0, 0.1) is 0 Å². The van der Waals surface area contributed by atoms with Crippen LogP contribution in [-0.4, -0.2) is 19.4 Å². The largest absolute Gasteiger partial charge is 0.365 e. The van der Waals surface area contributed by atoms with Gasteiger partial charge in [-0.1, -0.05) is 35.5 Å². The molecule has 2 aromatic rings. The molecule has 0 amide bonds. The summed E-state index contributed by atoms with van der Waals surface area (Å²) in [4.78, 5) is 18.3. The molecule has 0 aliphatic rings. The Morgan fingerprint density at radius 1 is 1.19 bits per heavy atom. The average Bonchev–Trinajstić information content (AvgIpc) is 2.55. The third-order valence-electron chi connectivity index (χ3n) is 2.86. The molecule has 0 aromatic heterocycles. The number of carbonyl (C=O) groups is 1. The topological polar surface area (TPSA) is 41.9 Å². The maximum Gasteiger partial charge on any atom is 0.365 e. The molecule has 0 heterocycles. The number of benzene rings is 2. The van der Waals surface area contributed by atoms with Crippen molar-refractivity contribution in [2.45, 2.75) is 5.88 Å². The van der Waals surface area contributed by atoms with E-state index < -0.39 is 5.97 Å². The van der Waals surface area contributed by atoms with E-state index >= 15 is 0 Å². The van der Waals surface area contributed by atoms with Gasteiger partial charge in [0.1, 0.15) is 6.34 Å². The highest BCUT2D eigenvalue weighted by molar-refractivity contribution is 6.17. The van der Waals surface area contributed by atoms with Gasteiger partial charge in [0.15, 0.2) is 0 Å². The Morgan fingerprint density at radius 2 is 1.86 bits per heavy atom. The summed E-state index contributed by atoms with van der Waals surface area (Å²) in [5.41, 5.74) is 2.42. The lowest BCUT2D eigenvalue weighted by molar-refractivity contribution is 0.0518. The minimum Gasteiger partial charge on any atom is -0.333 e. The molecule has 0 aliphatic carbocycles. The molecule has 5 heteroatoms. The van der Waals surface area contributed by atoms with E-state index in [0.717, 1.165) is 11.3 Å². The summed E-state index contributed by atoms with van der Waals surface area (Å²) in [5, 5.41) is 3.69. The van der Waals surface area contributed by atoms with Crippen LogP contribution in [0.2, 0.25) is 0 Å². The van der Waals surface area contributed by atoms with E-state index in [2.05, 4.69) is 5.16 Å². The summed E-state index contributed by atoms with van der Waals surface area (Å²) in [6, 6.07) is 16.4. The molecule has 0 N–H and O–H groups in total. The van der Waals surface area contributed by atoms with Gasteiger partial charge in [0, 0.05) is 18.6 Å². The van der Waals surface area contributed by atoms with Crippen molar-refractivity contribution in [1.29, 1.82) is 0 Å². The molecule has 0 fully saturated rings. The van der Waals surface area contributed by atoms with Crippen LogP contribution in [0.25, 0.3) is 0 Å². The van der Waals surface area contributed by atoms with Crippen LogP contribution in [0.5, 0.6) is 0 Å². The van der Waals surface area contributed by atoms with Gasteiger partial charge in [-0.15, -0.1) is 11.6 Å². The van der Waals surface area contributed by atoms with Crippen LogP contribution in [0.15, 0.2) is 59.8 Å². The Morgan fingerprint density at radius 3 is 2.48 bits per heavy atom. The molecule has 2 aromatic carbocycles. The van der Waals surface area contributed by atoms with E-state index in [-0.39, 0.29) is 0 Å². The molecular weight excluding hydrogens is 288 g/mol. The third-order valence-corrected chi connectivity index (χ3v) is 3.17. The zero-order valence-corrected chi connectivity index (χ0v) is 12.3. The SMILES string of the molecule is CN(C=NOC(=O)c1ccccc1)c1ccc(CCl)cc1. The van der Waals surface area contributed by atoms with Crippen LogP contribution in [0.3, 0.4) is 0 Å². The minimum absolute atomic E-state index is 0.462. The number of oxime groups is 1. The first-order chi connectivity index (χ1) is 10.2. The van der Waals surface area contributed by atoms with Crippen LogP contribution in [0.1, 0.15) is 15.9 Å². The van der Waals surface area contributed by atoms with Crippen molar-refractivity contribution in [3.8, 4) is 0 Å². The summed E-state index contributed by atoms with van der Waals surface area (Å²) < 4.78 is 0. The highest BCUT2D eigenvalue weighted by Crippen LogP contribution is 2.13. The van der Waals surface area contributed by atoms with E-state index in [9.17, 15) is 4.79 Å². The van der Waals surface area contributed by atoms with Crippen LogP contribution < -0.4 is 4.90 Å². The first-order valence-electron chi connectivity index (χ1n) is 6.38.